The molecule has 126 valence electrons. The van der Waals surface area contributed by atoms with Gasteiger partial charge in [-0.3, -0.25) is 0 Å². The summed E-state index contributed by atoms with van der Waals surface area (Å²) in [6.45, 7) is 0.0121. The SMILES string of the molecule is O=C(O)c1cccc(C(=O)O)c1.OC(O)=CCOCC=C(O)O. The van der Waals surface area contributed by atoms with Crippen LogP contribution in [0.5, 0.6) is 0 Å². The number of carboxylic acids is 2. The van der Waals surface area contributed by atoms with Gasteiger partial charge in [-0.1, -0.05) is 6.07 Å². The van der Waals surface area contributed by atoms with Gasteiger partial charge in [-0.2, -0.15) is 0 Å². The fourth-order valence-electron chi connectivity index (χ4n) is 1.12. The number of aliphatic hydroxyl groups is 4. The Hall–Kier alpha value is -3.20. The molecule has 0 spiro atoms. The van der Waals surface area contributed by atoms with Gasteiger partial charge in [-0.05, 0) is 18.2 Å². The fraction of sp³-hybridized carbons (Fsp3) is 0.143. The summed E-state index contributed by atoms with van der Waals surface area (Å²) in [5, 5.41) is 49.7. The maximum Gasteiger partial charge on any atom is 0.335 e. The van der Waals surface area contributed by atoms with E-state index in [4.69, 9.17) is 30.6 Å². The van der Waals surface area contributed by atoms with Crippen LogP contribution in [0, 0.1) is 0 Å². The second-order valence-corrected chi connectivity index (χ2v) is 3.85. The Balaban J connectivity index is 0.000000423. The summed E-state index contributed by atoms with van der Waals surface area (Å²) in [5.41, 5.74) is -0.0372. The molecule has 9 nitrogen and oxygen atoms in total. The molecule has 0 fully saturated rings. The van der Waals surface area contributed by atoms with E-state index in [0.717, 1.165) is 18.2 Å². The van der Waals surface area contributed by atoms with Crippen LogP contribution in [0.4, 0.5) is 0 Å². The number of ether oxygens (including phenoxy) is 1. The Bertz CT molecular complexity index is 534. The number of aliphatic hydroxyl groups excluding tert-OH is 2. The minimum absolute atomic E-state index is 0.00606. The highest BCUT2D eigenvalue weighted by atomic mass is 16.5. The third-order valence-corrected chi connectivity index (χ3v) is 2.12. The van der Waals surface area contributed by atoms with Gasteiger partial charge in [-0.25, -0.2) is 9.59 Å². The molecule has 1 aromatic rings. The van der Waals surface area contributed by atoms with Crippen LogP contribution >= 0.6 is 0 Å². The second kappa shape index (κ2) is 10.5. The second-order valence-electron chi connectivity index (χ2n) is 3.85. The van der Waals surface area contributed by atoms with Gasteiger partial charge >= 0.3 is 11.9 Å². The first-order valence-electron chi connectivity index (χ1n) is 6.04. The zero-order valence-electron chi connectivity index (χ0n) is 11.8. The van der Waals surface area contributed by atoms with E-state index < -0.39 is 23.8 Å². The van der Waals surface area contributed by atoms with Gasteiger partial charge in [0, 0.05) is 12.2 Å². The van der Waals surface area contributed by atoms with E-state index in [9.17, 15) is 9.59 Å². The first-order chi connectivity index (χ1) is 10.7. The molecule has 23 heavy (non-hydrogen) atoms. The lowest BCUT2D eigenvalue weighted by atomic mass is 10.1. The third-order valence-electron chi connectivity index (χ3n) is 2.12. The molecular weight excluding hydrogens is 312 g/mol. The first-order valence-corrected chi connectivity index (χ1v) is 6.04. The minimum Gasteiger partial charge on any atom is -0.481 e. The molecule has 0 aliphatic heterocycles. The third kappa shape index (κ3) is 10.2. The summed E-state index contributed by atoms with van der Waals surface area (Å²) in [6, 6.07) is 5.20. The smallest absolute Gasteiger partial charge is 0.335 e. The molecule has 0 saturated heterocycles. The summed E-state index contributed by atoms with van der Waals surface area (Å²) < 4.78 is 4.66. The Kier molecular flexibility index (Phi) is 9.05. The highest BCUT2D eigenvalue weighted by Crippen LogP contribution is 2.04. The number of benzene rings is 1. The maximum atomic E-state index is 10.4. The number of carbonyl (C=O) groups is 2. The lowest BCUT2D eigenvalue weighted by molar-refractivity contribution is 0.0696. The van der Waals surface area contributed by atoms with Gasteiger partial charge in [0.25, 0.3) is 11.9 Å². The van der Waals surface area contributed by atoms with Gasteiger partial charge in [0.05, 0.1) is 24.3 Å². The molecule has 9 heteroatoms. The highest BCUT2D eigenvalue weighted by Gasteiger charge is 2.06. The van der Waals surface area contributed by atoms with Crippen LogP contribution in [0.2, 0.25) is 0 Å². The van der Waals surface area contributed by atoms with Crippen molar-refractivity contribution in [3.8, 4) is 0 Å². The predicted molar refractivity (Wildman–Crippen MR) is 77.9 cm³/mol. The van der Waals surface area contributed by atoms with Crippen molar-refractivity contribution in [3.63, 3.8) is 0 Å². The van der Waals surface area contributed by atoms with Crippen molar-refractivity contribution in [2.45, 2.75) is 0 Å². The zero-order valence-corrected chi connectivity index (χ0v) is 11.8. The van der Waals surface area contributed by atoms with Gasteiger partial charge in [-0.15, -0.1) is 0 Å². The van der Waals surface area contributed by atoms with Crippen molar-refractivity contribution >= 4 is 11.9 Å². The van der Waals surface area contributed by atoms with Crippen molar-refractivity contribution in [1.29, 1.82) is 0 Å². The van der Waals surface area contributed by atoms with Gasteiger partial charge in [0.2, 0.25) is 0 Å². The number of aromatic carboxylic acids is 2. The molecule has 6 N–H and O–H groups in total. The van der Waals surface area contributed by atoms with E-state index >= 15 is 0 Å². The number of hydrogen-bond acceptors (Lipinski definition) is 7. The van der Waals surface area contributed by atoms with Crippen LogP contribution in [-0.4, -0.2) is 55.8 Å². The molecule has 0 unspecified atom stereocenters. The monoisotopic (exact) mass is 328 g/mol. The van der Waals surface area contributed by atoms with Crippen LogP contribution in [0.15, 0.2) is 48.3 Å². The Morgan fingerprint density at radius 1 is 0.826 bits per heavy atom. The van der Waals surface area contributed by atoms with Crippen LogP contribution in [-0.2, 0) is 4.74 Å². The number of hydrogen-bond donors (Lipinski definition) is 6. The van der Waals surface area contributed by atoms with E-state index in [2.05, 4.69) is 4.74 Å². The van der Waals surface area contributed by atoms with Gasteiger partial charge in [0.15, 0.2) is 0 Å². The lowest BCUT2D eigenvalue weighted by Gasteiger charge is -1.95. The molecule has 0 heterocycles. The van der Waals surface area contributed by atoms with Crippen LogP contribution in [0.25, 0.3) is 0 Å². The Labute approximate surface area is 130 Å². The molecular formula is C14H16O9. The summed E-state index contributed by atoms with van der Waals surface area (Å²) in [5.74, 6) is -3.89. The molecule has 1 aromatic carbocycles. The summed E-state index contributed by atoms with van der Waals surface area (Å²) >= 11 is 0. The van der Waals surface area contributed by atoms with Crippen LogP contribution in [0.1, 0.15) is 20.7 Å². The van der Waals surface area contributed by atoms with E-state index in [1.807, 2.05) is 0 Å². The molecule has 0 amide bonds. The van der Waals surface area contributed by atoms with E-state index in [1.165, 1.54) is 18.2 Å². The molecule has 0 bridgehead atoms. The average molecular weight is 328 g/mol. The fourth-order valence-corrected chi connectivity index (χ4v) is 1.12. The molecule has 0 atom stereocenters. The molecule has 0 saturated carbocycles. The number of carboxylic acid groups (broad SMARTS) is 2. The molecule has 0 aliphatic rings. The molecule has 1 rings (SSSR count). The van der Waals surface area contributed by atoms with Crippen LogP contribution in [0.3, 0.4) is 0 Å². The minimum atomic E-state index is -1.13. The Morgan fingerprint density at radius 3 is 1.52 bits per heavy atom. The lowest BCUT2D eigenvalue weighted by Crippen LogP contribution is -2.01. The van der Waals surface area contributed by atoms with E-state index in [1.54, 1.807) is 0 Å². The zero-order chi connectivity index (χ0) is 17.8. The van der Waals surface area contributed by atoms with E-state index in [0.29, 0.717) is 0 Å². The van der Waals surface area contributed by atoms with Crippen molar-refractivity contribution in [3.05, 3.63) is 59.4 Å². The standard InChI is InChI=1S/C8H6O4.C6H10O5/c9-7(10)5-2-1-3-6(4-5)8(11)12;7-5(8)1-3-11-4-2-6(9)10/h1-4H,(H,9,10)(H,11,12);1-2,7-10H,3-4H2. The molecule has 0 aliphatic carbocycles. The quantitative estimate of drug-likeness (QED) is 0.338. The largest absolute Gasteiger partial charge is 0.481 e. The predicted octanol–water partition coefficient (Wildman–Crippen LogP) is 2.00. The van der Waals surface area contributed by atoms with Crippen molar-refractivity contribution in [2.24, 2.45) is 0 Å². The van der Waals surface area contributed by atoms with Gasteiger partial charge in [0.1, 0.15) is 0 Å². The van der Waals surface area contributed by atoms with Crippen molar-refractivity contribution < 1.29 is 45.0 Å². The van der Waals surface area contributed by atoms with Crippen molar-refractivity contribution in [1.82, 2.24) is 0 Å². The van der Waals surface area contributed by atoms with E-state index in [-0.39, 0.29) is 24.3 Å². The Morgan fingerprint density at radius 2 is 1.22 bits per heavy atom. The highest BCUT2D eigenvalue weighted by molar-refractivity contribution is 5.93. The molecule has 0 radical (unpaired) electrons. The molecule has 0 aromatic heterocycles. The maximum absolute atomic E-state index is 10.4. The van der Waals surface area contributed by atoms with Crippen LogP contribution < -0.4 is 0 Å². The average Bonchev–Trinajstić information content (AvgIpc) is 2.47. The number of rotatable bonds is 6. The summed E-state index contributed by atoms with van der Waals surface area (Å²) in [7, 11) is 0. The first kappa shape index (κ1) is 19.8. The van der Waals surface area contributed by atoms with Gasteiger partial charge < -0.3 is 35.4 Å². The normalized spacial score (nSPS) is 9.04. The summed E-state index contributed by atoms with van der Waals surface area (Å²) in [4.78, 5) is 20.8. The topological polar surface area (TPSA) is 165 Å². The van der Waals surface area contributed by atoms with Crippen molar-refractivity contribution in [2.75, 3.05) is 13.2 Å². The summed E-state index contributed by atoms with van der Waals surface area (Å²) in [6.07, 6.45) is 2.06.